The summed E-state index contributed by atoms with van der Waals surface area (Å²) in [5, 5.41) is 13.6. The molecule has 6 heteroatoms. The van der Waals surface area contributed by atoms with Gasteiger partial charge in [-0.1, -0.05) is 6.08 Å². The summed E-state index contributed by atoms with van der Waals surface area (Å²) in [6.07, 6.45) is 4.94. The highest BCUT2D eigenvalue weighted by molar-refractivity contribution is 5.79. The predicted molar refractivity (Wildman–Crippen MR) is 77.7 cm³/mol. The van der Waals surface area contributed by atoms with E-state index in [4.69, 9.17) is 0 Å². The van der Waals surface area contributed by atoms with Crippen molar-refractivity contribution in [3.05, 3.63) is 30.6 Å². The second-order valence-electron chi connectivity index (χ2n) is 5.63. The third-order valence-electron chi connectivity index (χ3n) is 4.13. The number of aromatic nitrogens is 2. The molecule has 0 saturated carbocycles. The number of aliphatic carboxylic acids is 1. The van der Waals surface area contributed by atoms with Crippen molar-refractivity contribution in [3.8, 4) is 0 Å². The molecule has 1 atom stereocenters. The van der Waals surface area contributed by atoms with Gasteiger partial charge in [-0.25, -0.2) is 0 Å². The molecule has 1 aliphatic rings. The molecule has 1 aliphatic heterocycles. The van der Waals surface area contributed by atoms with Gasteiger partial charge in [0.2, 0.25) is 5.91 Å². The van der Waals surface area contributed by atoms with Gasteiger partial charge in [-0.2, -0.15) is 5.10 Å². The number of piperidine rings is 1. The van der Waals surface area contributed by atoms with Crippen LogP contribution in [0.5, 0.6) is 0 Å². The highest BCUT2D eigenvalue weighted by Crippen LogP contribution is 2.34. The molecule has 1 amide bonds. The zero-order chi connectivity index (χ0) is 15.5. The Morgan fingerprint density at radius 1 is 1.57 bits per heavy atom. The first-order valence-electron chi connectivity index (χ1n) is 7.09. The van der Waals surface area contributed by atoms with Crippen LogP contribution < -0.4 is 0 Å². The van der Waals surface area contributed by atoms with Gasteiger partial charge in [-0.15, -0.1) is 6.58 Å². The Labute approximate surface area is 124 Å². The smallest absolute Gasteiger partial charge is 0.311 e. The Morgan fingerprint density at radius 2 is 2.33 bits per heavy atom. The second-order valence-corrected chi connectivity index (χ2v) is 5.63. The average Bonchev–Trinajstić information content (AvgIpc) is 2.84. The molecule has 6 nitrogen and oxygen atoms in total. The average molecular weight is 291 g/mol. The Morgan fingerprint density at radius 3 is 2.90 bits per heavy atom. The van der Waals surface area contributed by atoms with Crippen LogP contribution in [-0.4, -0.2) is 44.8 Å². The van der Waals surface area contributed by atoms with Gasteiger partial charge < -0.3 is 10.0 Å². The summed E-state index contributed by atoms with van der Waals surface area (Å²) in [5.41, 5.74) is 0.0189. The van der Waals surface area contributed by atoms with Crippen molar-refractivity contribution in [2.45, 2.75) is 32.7 Å². The maximum absolute atomic E-state index is 12.4. The first kappa shape index (κ1) is 15.3. The number of carboxylic acids is 1. The van der Waals surface area contributed by atoms with Crippen molar-refractivity contribution < 1.29 is 14.7 Å². The molecule has 2 heterocycles. The summed E-state index contributed by atoms with van der Waals surface area (Å²) in [6, 6.07) is 1.84. The molecule has 1 aromatic heterocycles. The van der Waals surface area contributed by atoms with Gasteiger partial charge in [0.05, 0.1) is 5.41 Å². The minimum atomic E-state index is -0.894. The van der Waals surface area contributed by atoms with Crippen molar-refractivity contribution in [2.75, 3.05) is 13.1 Å². The van der Waals surface area contributed by atoms with E-state index in [1.807, 2.05) is 13.0 Å². The first-order valence-corrected chi connectivity index (χ1v) is 7.09. The Balaban J connectivity index is 2.09. The zero-order valence-corrected chi connectivity index (χ0v) is 12.3. The molecule has 1 saturated heterocycles. The lowest BCUT2D eigenvalue weighted by Gasteiger charge is -2.39. The largest absolute Gasteiger partial charge is 0.481 e. The van der Waals surface area contributed by atoms with E-state index in [-0.39, 0.29) is 19.0 Å². The standard InChI is InChI=1S/C15H21N3O3/c1-3-6-15(14(20)21)7-4-9-17(11-15)13(19)10-18-12(2)5-8-16-18/h3,5,8H,1,4,6-7,9-11H2,2H3,(H,20,21)/t15-/m1/s1. The number of carbonyl (C=O) groups is 2. The fourth-order valence-electron chi connectivity index (χ4n) is 2.84. The summed E-state index contributed by atoms with van der Waals surface area (Å²) in [7, 11) is 0. The van der Waals surface area contributed by atoms with E-state index in [2.05, 4.69) is 11.7 Å². The van der Waals surface area contributed by atoms with Crippen molar-refractivity contribution in [1.29, 1.82) is 0 Å². The molecule has 1 fully saturated rings. The maximum Gasteiger partial charge on any atom is 0.311 e. The molecule has 21 heavy (non-hydrogen) atoms. The normalized spacial score (nSPS) is 22.0. The van der Waals surface area contributed by atoms with Crippen LogP contribution in [0, 0.1) is 12.3 Å². The SMILES string of the molecule is C=CC[C@@]1(C(=O)O)CCCN(C(=O)Cn2nccc2C)C1. The third-order valence-corrected chi connectivity index (χ3v) is 4.13. The summed E-state index contributed by atoms with van der Waals surface area (Å²) in [5.74, 6) is -0.939. The van der Waals surface area contributed by atoms with Crippen molar-refractivity contribution >= 4 is 11.9 Å². The molecule has 0 radical (unpaired) electrons. The molecular weight excluding hydrogens is 270 g/mol. The van der Waals surface area contributed by atoms with Crippen LogP contribution >= 0.6 is 0 Å². The second kappa shape index (κ2) is 6.11. The molecule has 1 N–H and O–H groups in total. The molecule has 2 rings (SSSR count). The zero-order valence-electron chi connectivity index (χ0n) is 12.3. The van der Waals surface area contributed by atoms with Crippen molar-refractivity contribution in [3.63, 3.8) is 0 Å². The molecule has 0 unspecified atom stereocenters. The summed E-state index contributed by atoms with van der Waals surface area (Å²) in [6.45, 7) is 6.53. The monoisotopic (exact) mass is 291 g/mol. The van der Waals surface area contributed by atoms with Crippen LogP contribution in [0.1, 0.15) is 25.0 Å². The number of likely N-dealkylation sites (tertiary alicyclic amines) is 1. The van der Waals surface area contributed by atoms with E-state index in [1.54, 1.807) is 21.9 Å². The van der Waals surface area contributed by atoms with Crippen LogP contribution in [0.25, 0.3) is 0 Å². The summed E-state index contributed by atoms with van der Waals surface area (Å²) in [4.78, 5) is 25.6. The quantitative estimate of drug-likeness (QED) is 0.833. The molecule has 1 aromatic rings. The molecule has 0 bridgehead atoms. The highest BCUT2D eigenvalue weighted by atomic mass is 16.4. The number of allylic oxidation sites excluding steroid dienone is 1. The van der Waals surface area contributed by atoms with Gasteiger partial charge >= 0.3 is 5.97 Å². The molecule has 0 aliphatic carbocycles. The van der Waals surface area contributed by atoms with Crippen LogP contribution in [0.3, 0.4) is 0 Å². The van der Waals surface area contributed by atoms with Crippen molar-refractivity contribution in [2.24, 2.45) is 5.41 Å². The predicted octanol–water partition coefficient (Wildman–Crippen LogP) is 1.46. The van der Waals surface area contributed by atoms with Gasteiger partial charge in [-0.3, -0.25) is 14.3 Å². The number of carboxylic acid groups (broad SMARTS) is 1. The lowest BCUT2D eigenvalue weighted by atomic mass is 9.77. The third kappa shape index (κ3) is 3.15. The van der Waals surface area contributed by atoms with Crippen molar-refractivity contribution in [1.82, 2.24) is 14.7 Å². The van der Waals surface area contributed by atoms with E-state index in [1.165, 1.54) is 0 Å². The summed E-state index contributed by atoms with van der Waals surface area (Å²) >= 11 is 0. The Bertz CT molecular complexity index is 552. The number of hydrogen-bond acceptors (Lipinski definition) is 3. The Kier molecular flexibility index (Phi) is 4.45. The molecule has 114 valence electrons. The summed E-state index contributed by atoms with van der Waals surface area (Å²) < 4.78 is 1.63. The lowest BCUT2D eigenvalue weighted by molar-refractivity contribution is -0.154. The number of hydrogen-bond donors (Lipinski definition) is 1. The van der Waals surface area contributed by atoms with Crippen LogP contribution in [-0.2, 0) is 16.1 Å². The topological polar surface area (TPSA) is 75.4 Å². The fourth-order valence-corrected chi connectivity index (χ4v) is 2.84. The lowest BCUT2D eigenvalue weighted by Crippen LogP contribution is -2.50. The fraction of sp³-hybridized carbons (Fsp3) is 0.533. The minimum Gasteiger partial charge on any atom is -0.481 e. The van der Waals surface area contributed by atoms with Crippen LogP contribution in [0.2, 0.25) is 0 Å². The first-order chi connectivity index (χ1) is 9.98. The van der Waals surface area contributed by atoms with Gasteiger partial charge in [0.25, 0.3) is 0 Å². The van der Waals surface area contributed by atoms with Gasteiger partial charge in [0.15, 0.2) is 0 Å². The van der Waals surface area contributed by atoms with Crippen LogP contribution in [0.15, 0.2) is 24.9 Å². The minimum absolute atomic E-state index is 0.0869. The number of rotatable bonds is 5. The van der Waals surface area contributed by atoms with E-state index in [9.17, 15) is 14.7 Å². The molecule has 0 aromatic carbocycles. The van der Waals surface area contributed by atoms with Gasteiger partial charge in [0, 0.05) is 25.0 Å². The number of carbonyl (C=O) groups excluding carboxylic acids is 1. The number of nitrogens with zero attached hydrogens (tertiary/aromatic N) is 3. The number of amides is 1. The maximum atomic E-state index is 12.4. The van der Waals surface area contributed by atoms with E-state index in [0.717, 1.165) is 5.69 Å². The van der Waals surface area contributed by atoms with Crippen LogP contribution in [0.4, 0.5) is 0 Å². The van der Waals surface area contributed by atoms with Gasteiger partial charge in [-0.05, 0) is 32.3 Å². The Hall–Kier alpha value is -2.11. The van der Waals surface area contributed by atoms with Gasteiger partial charge in [0.1, 0.15) is 6.54 Å². The highest BCUT2D eigenvalue weighted by Gasteiger charge is 2.42. The molecule has 0 spiro atoms. The van der Waals surface area contributed by atoms with E-state index in [0.29, 0.717) is 25.8 Å². The number of aryl methyl sites for hydroxylation is 1. The van der Waals surface area contributed by atoms with E-state index < -0.39 is 11.4 Å². The molecular formula is C15H21N3O3. The van der Waals surface area contributed by atoms with E-state index >= 15 is 0 Å².